The van der Waals surface area contributed by atoms with Gasteiger partial charge in [-0.05, 0) is 30.3 Å². The number of aromatic nitrogens is 1. The lowest BCUT2D eigenvalue weighted by Crippen LogP contribution is -1.89. The Kier molecular flexibility index (Phi) is 2.54. The summed E-state index contributed by atoms with van der Waals surface area (Å²) in [5.74, 6) is 0.835. The van der Waals surface area contributed by atoms with E-state index in [4.69, 9.17) is 9.84 Å². The van der Waals surface area contributed by atoms with Crippen molar-refractivity contribution in [2.24, 2.45) is 0 Å². The van der Waals surface area contributed by atoms with Crippen LogP contribution in [-0.2, 0) is 0 Å². The standard InChI is InChI=1S/C12H11NO2/c1-15-12-4-2-3-11(13-12)9-5-7-10(14)8-6-9/h2-8,14H,1H3. The Balaban J connectivity index is 2.40. The first-order valence-electron chi connectivity index (χ1n) is 4.60. The summed E-state index contributed by atoms with van der Waals surface area (Å²) < 4.78 is 5.04. The van der Waals surface area contributed by atoms with Gasteiger partial charge >= 0.3 is 0 Å². The molecule has 1 N–H and O–H groups in total. The first kappa shape index (κ1) is 9.52. The summed E-state index contributed by atoms with van der Waals surface area (Å²) in [5, 5.41) is 9.16. The molecule has 76 valence electrons. The predicted octanol–water partition coefficient (Wildman–Crippen LogP) is 2.46. The Morgan fingerprint density at radius 1 is 1.07 bits per heavy atom. The highest BCUT2D eigenvalue weighted by atomic mass is 16.5. The molecule has 0 aliphatic carbocycles. The maximum absolute atomic E-state index is 9.16. The normalized spacial score (nSPS) is 9.93. The van der Waals surface area contributed by atoms with Gasteiger partial charge in [0.25, 0.3) is 0 Å². The van der Waals surface area contributed by atoms with Gasteiger partial charge in [0.05, 0.1) is 12.8 Å². The lowest BCUT2D eigenvalue weighted by Gasteiger charge is -2.03. The fourth-order valence-corrected chi connectivity index (χ4v) is 1.32. The average molecular weight is 201 g/mol. The molecule has 0 aliphatic heterocycles. The van der Waals surface area contributed by atoms with E-state index in [0.29, 0.717) is 5.88 Å². The van der Waals surface area contributed by atoms with Crippen molar-refractivity contribution < 1.29 is 9.84 Å². The predicted molar refractivity (Wildman–Crippen MR) is 57.9 cm³/mol. The zero-order chi connectivity index (χ0) is 10.7. The molecule has 0 fully saturated rings. The number of methoxy groups -OCH3 is 1. The summed E-state index contributed by atoms with van der Waals surface area (Å²) >= 11 is 0. The second-order valence-corrected chi connectivity index (χ2v) is 3.11. The van der Waals surface area contributed by atoms with Crippen LogP contribution in [0.5, 0.6) is 11.6 Å². The van der Waals surface area contributed by atoms with Crippen LogP contribution in [0.1, 0.15) is 0 Å². The Hall–Kier alpha value is -2.03. The largest absolute Gasteiger partial charge is 0.508 e. The summed E-state index contributed by atoms with van der Waals surface area (Å²) in [7, 11) is 1.59. The Morgan fingerprint density at radius 2 is 1.80 bits per heavy atom. The summed E-state index contributed by atoms with van der Waals surface area (Å²) in [4.78, 5) is 4.29. The molecular weight excluding hydrogens is 190 g/mol. The van der Waals surface area contributed by atoms with E-state index >= 15 is 0 Å². The van der Waals surface area contributed by atoms with Crippen molar-refractivity contribution in [3.63, 3.8) is 0 Å². The molecule has 2 aromatic rings. The van der Waals surface area contributed by atoms with E-state index in [0.717, 1.165) is 11.3 Å². The van der Waals surface area contributed by atoms with E-state index in [2.05, 4.69) is 4.98 Å². The third-order valence-corrected chi connectivity index (χ3v) is 2.10. The SMILES string of the molecule is COc1cccc(-c2ccc(O)cc2)n1. The fourth-order valence-electron chi connectivity index (χ4n) is 1.32. The van der Waals surface area contributed by atoms with E-state index in [-0.39, 0.29) is 5.75 Å². The van der Waals surface area contributed by atoms with Crippen molar-refractivity contribution >= 4 is 0 Å². The van der Waals surface area contributed by atoms with Gasteiger partial charge in [0, 0.05) is 11.6 Å². The molecule has 0 aliphatic rings. The monoisotopic (exact) mass is 201 g/mol. The summed E-state index contributed by atoms with van der Waals surface area (Å²) in [5.41, 5.74) is 1.78. The van der Waals surface area contributed by atoms with Crippen molar-refractivity contribution in [3.8, 4) is 22.9 Å². The third kappa shape index (κ3) is 2.07. The minimum atomic E-state index is 0.252. The van der Waals surface area contributed by atoms with Crippen LogP contribution in [-0.4, -0.2) is 17.2 Å². The van der Waals surface area contributed by atoms with Gasteiger partial charge in [-0.25, -0.2) is 4.98 Å². The number of ether oxygens (including phenoxy) is 1. The zero-order valence-corrected chi connectivity index (χ0v) is 8.34. The number of rotatable bonds is 2. The highest BCUT2D eigenvalue weighted by Gasteiger charge is 2.00. The first-order valence-corrected chi connectivity index (χ1v) is 4.60. The van der Waals surface area contributed by atoms with Crippen LogP contribution < -0.4 is 4.74 Å². The minimum Gasteiger partial charge on any atom is -0.508 e. The molecule has 3 nitrogen and oxygen atoms in total. The minimum absolute atomic E-state index is 0.252. The number of phenolic OH excluding ortho intramolecular Hbond substituents is 1. The number of aromatic hydroxyl groups is 1. The third-order valence-electron chi connectivity index (χ3n) is 2.10. The smallest absolute Gasteiger partial charge is 0.213 e. The van der Waals surface area contributed by atoms with Crippen molar-refractivity contribution in [2.45, 2.75) is 0 Å². The van der Waals surface area contributed by atoms with Crippen LogP contribution in [0.2, 0.25) is 0 Å². The molecule has 0 saturated carbocycles. The maximum atomic E-state index is 9.16. The van der Waals surface area contributed by atoms with Gasteiger partial charge in [-0.15, -0.1) is 0 Å². The quantitative estimate of drug-likeness (QED) is 0.811. The van der Waals surface area contributed by atoms with Crippen molar-refractivity contribution in [3.05, 3.63) is 42.5 Å². The van der Waals surface area contributed by atoms with Gasteiger partial charge in [0.2, 0.25) is 5.88 Å². The molecule has 0 spiro atoms. The number of phenols is 1. The molecule has 1 aromatic heterocycles. The van der Waals surface area contributed by atoms with E-state index in [9.17, 15) is 0 Å². The van der Waals surface area contributed by atoms with Crippen LogP contribution in [0.25, 0.3) is 11.3 Å². The highest BCUT2D eigenvalue weighted by Crippen LogP contribution is 2.21. The molecule has 0 radical (unpaired) electrons. The molecular formula is C12H11NO2. The van der Waals surface area contributed by atoms with Crippen LogP contribution in [0.4, 0.5) is 0 Å². The lowest BCUT2D eigenvalue weighted by molar-refractivity contribution is 0.398. The second kappa shape index (κ2) is 4.00. The van der Waals surface area contributed by atoms with Gasteiger partial charge in [-0.2, -0.15) is 0 Å². The van der Waals surface area contributed by atoms with E-state index in [1.807, 2.05) is 24.3 Å². The number of benzene rings is 1. The molecule has 0 saturated heterocycles. The summed E-state index contributed by atoms with van der Waals surface area (Å²) in [6, 6.07) is 12.5. The van der Waals surface area contributed by atoms with Crippen LogP contribution in [0.3, 0.4) is 0 Å². The topological polar surface area (TPSA) is 42.4 Å². The highest BCUT2D eigenvalue weighted by molar-refractivity contribution is 5.60. The molecule has 0 atom stereocenters. The Labute approximate surface area is 88.0 Å². The second-order valence-electron chi connectivity index (χ2n) is 3.11. The van der Waals surface area contributed by atoms with E-state index in [1.165, 1.54) is 0 Å². The molecule has 2 rings (SSSR count). The number of hydrogen-bond donors (Lipinski definition) is 1. The Morgan fingerprint density at radius 3 is 2.47 bits per heavy atom. The van der Waals surface area contributed by atoms with Crippen LogP contribution >= 0.6 is 0 Å². The van der Waals surface area contributed by atoms with Gasteiger partial charge in [-0.3, -0.25) is 0 Å². The van der Waals surface area contributed by atoms with Crippen LogP contribution in [0, 0.1) is 0 Å². The van der Waals surface area contributed by atoms with Gasteiger partial charge in [0.1, 0.15) is 5.75 Å². The molecule has 1 aromatic carbocycles. The number of hydrogen-bond acceptors (Lipinski definition) is 3. The molecule has 0 unspecified atom stereocenters. The molecule has 1 heterocycles. The summed E-state index contributed by atoms with van der Waals surface area (Å²) in [6.45, 7) is 0. The number of pyridine rings is 1. The molecule has 0 bridgehead atoms. The van der Waals surface area contributed by atoms with E-state index in [1.54, 1.807) is 25.3 Å². The zero-order valence-electron chi connectivity index (χ0n) is 8.34. The first-order chi connectivity index (χ1) is 7.29. The van der Waals surface area contributed by atoms with Crippen molar-refractivity contribution in [2.75, 3.05) is 7.11 Å². The van der Waals surface area contributed by atoms with Gasteiger partial charge in [0.15, 0.2) is 0 Å². The number of nitrogens with zero attached hydrogens (tertiary/aromatic N) is 1. The Bertz CT molecular complexity index is 451. The van der Waals surface area contributed by atoms with Crippen molar-refractivity contribution in [1.29, 1.82) is 0 Å². The van der Waals surface area contributed by atoms with Crippen LogP contribution in [0.15, 0.2) is 42.5 Å². The molecule has 15 heavy (non-hydrogen) atoms. The fraction of sp³-hybridized carbons (Fsp3) is 0.0833. The molecule has 3 heteroatoms. The molecule has 0 amide bonds. The average Bonchev–Trinajstić information content (AvgIpc) is 2.30. The van der Waals surface area contributed by atoms with E-state index < -0.39 is 0 Å². The van der Waals surface area contributed by atoms with Gasteiger partial charge in [-0.1, -0.05) is 6.07 Å². The lowest BCUT2D eigenvalue weighted by atomic mass is 10.1. The van der Waals surface area contributed by atoms with Crippen molar-refractivity contribution in [1.82, 2.24) is 4.98 Å². The van der Waals surface area contributed by atoms with Gasteiger partial charge < -0.3 is 9.84 Å². The summed E-state index contributed by atoms with van der Waals surface area (Å²) in [6.07, 6.45) is 0. The maximum Gasteiger partial charge on any atom is 0.213 e.